The predicted molar refractivity (Wildman–Crippen MR) is 131 cm³/mol. The summed E-state index contributed by atoms with van der Waals surface area (Å²) in [5.41, 5.74) is 10.1. The van der Waals surface area contributed by atoms with Gasteiger partial charge in [0, 0.05) is 7.05 Å². The number of benzene rings is 1. The van der Waals surface area contributed by atoms with Crippen LogP contribution in [-0.2, 0) is 6.54 Å². The Hall–Kier alpha value is -3.66. The highest BCUT2D eigenvalue weighted by molar-refractivity contribution is 5.64. The Morgan fingerprint density at radius 3 is 2.62 bits per heavy atom. The molecule has 180 valence electrons. The Balaban J connectivity index is 1.43. The van der Waals surface area contributed by atoms with Crippen molar-refractivity contribution in [3.05, 3.63) is 65.1 Å². The second kappa shape index (κ2) is 11.0. The third-order valence-corrected chi connectivity index (χ3v) is 5.93. The molecular formula is C24H33N9O. The van der Waals surface area contributed by atoms with Crippen molar-refractivity contribution in [2.75, 3.05) is 18.9 Å². The highest BCUT2D eigenvalue weighted by Crippen LogP contribution is 2.26. The average Bonchev–Trinajstić information content (AvgIpc) is 3.28. The lowest BCUT2D eigenvalue weighted by Gasteiger charge is -2.24. The zero-order chi connectivity index (χ0) is 23.9. The molecule has 0 amide bonds. The topological polar surface area (TPSA) is 133 Å². The van der Waals surface area contributed by atoms with E-state index in [0.717, 1.165) is 29.8 Å². The first-order valence-electron chi connectivity index (χ1n) is 11.7. The molecule has 0 radical (unpaired) electrons. The van der Waals surface area contributed by atoms with Gasteiger partial charge in [-0.2, -0.15) is 4.80 Å². The molecule has 0 unspecified atom stereocenters. The number of nitrogens with two attached hydrogens (primary N) is 2. The summed E-state index contributed by atoms with van der Waals surface area (Å²) in [6.07, 6.45) is 6.20. The van der Waals surface area contributed by atoms with E-state index in [0.29, 0.717) is 36.1 Å². The van der Waals surface area contributed by atoms with E-state index in [4.69, 9.17) is 16.3 Å². The van der Waals surface area contributed by atoms with Gasteiger partial charge in [-0.1, -0.05) is 41.9 Å². The quantitative estimate of drug-likeness (QED) is 0.323. The van der Waals surface area contributed by atoms with Gasteiger partial charge in [-0.3, -0.25) is 0 Å². The first kappa shape index (κ1) is 23.5. The molecule has 34 heavy (non-hydrogen) atoms. The fourth-order valence-corrected chi connectivity index (χ4v) is 4.03. The summed E-state index contributed by atoms with van der Waals surface area (Å²) in [6, 6.07) is 13.8. The van der Waals surface area contributed by atoms with Gasteiger partial charge in [0.2, 0.25) is 0 Å². The molecule has 1 aliphatic carbocycles. The van der Waals surface area contributed by atoms with Crippen molar-refractivity contribution in [3.63, 3.8) is 0 Å². The van der Waals surface area contributed by atoms with Crippen molar-refractivity contribution in [2.24, 2.45) is 11.6 Å². The van der Waals surface area contributed by atoms with Gasteiger partial charge >= 0.3 is 0 Å². The second-order valence-electron chi connectivity index (χ2n) is 8.61. The lowest BCUT2D eigenvalue weighted by molar-refractivity contribution is 0.153. The molecule has 1 fully saturated rings. The van der Waals surface area contributed by atoms with Crippen molar-refractivity contribution in [1.29, 1.82) is 0 Å². The van der Waals surface area contributed by atoms with E-state index >= 15 is 0 Å². The van der Waals surface area contributed by atoms with Crippen LogP contribution in [0.3, 0.4) is 0 Å². The minimum Gasteiger partial charge on any atom is -0.489 e. The van der Waals surface area contributed by atoms with E-state index in [1.54, 1.807) is 7.05 Å². The number of tetrazole rings is 1. The normalized spacial score (nSPS) is 15.0. The van der Waals surface area contributed by atoms with E-state index in [1.165, 1.54) is 29.1 Å². The largest absolute Gasteiger partial charge is 0.489 e. The maximum Gasteiger partial charge on any atom is 0.263 e. The number of ether oxygens (including phenoxy) is 1. The Morgan fingerprint density at radius 2 is 1.91 bits per heavy atom. The molecule has 1 aliphatic rings. The van der Waals surface area contributed by atoms with Gasteiger partial charge < -0.3 is 20.8 Å². The zero-order valence-corrected chi connectivity index (χ0v) is 19.8. The number of anilines is 1. The number of hydrogen-bond acceptors (Lipinski definition) is 9. The number of likely N-dealkylation sites (N-methyl/N-ethyl adjacent to an activating group) is 1. The molecule has 0 bridgehead atoms. The zero-order valence-electron chi connectivity index (χ0n) is 19.8. The molecule has 0 spiro atoms. The lowest BCUT2D eigenvalue weighted by atomic mass is 9.98. The Labute approximate surface area is 200 Å². The van der Waals surface area contributed by atoms with Gasteiger partial charge in [0.1, 0.15) is 5.75 Å². The van der Waals surface area contributed by atoms with Crippen molar-refractivity contribution in [1.82, 2.24) is 30.2 Å². The summed E-state index contributed by atoms with van der Waals surface area (Å²) in [4.78, 5) is 6.22. The Bertz CT molecular complexity index is 1100. The van der Waals surface area contributed by atoms with Gasteiger partial charge in [-0.05, 0) is 55.5 Å². The van der Waals surface area contributed by atoms with Crippen LogP contribution in [0.15, 0.2) is 48.2 Å². The van der Waals surface area contributed by atoms with Crippen molar-refractivity contribution in [3.8, 4) is 5.75 Å². The van der Waals surface area contributed by atoms with Gasteiger partial charge in [0.05, 0.1) is 42.0 Å². The third kappa shape index (κ3) is 6.02. The molecule has 0 aliphatic heterocycles. The van der Waals surface area contributed by atoms with E-state index < -0.39 is 0 Å². The highest BCUT2D eigenvalue weighted by atomic mass is 16.5. The number of pyridine rings is 1. The number of hydrazine groups is 1. The molecular weight excluding hydrogens is 430 g/mol. The minimum atomic E-state index is 0.269. The van der Waals surface area contributed by atoms with Crippen LogP contribution >= 0.6 is 0 Å². The number of nitrogens with one attached hydrogen (secondary N) is 1. The fraction of sp³-hybridized carbons (Fsp3) is 0.417. The third-order valence-electron chi connectivity index (χ3n) is 5.93. The molecule has 4 rings (SSSR count). The maximum atomic E-state index is 6.47. The van der Waals surface area contributed by atoms with Crippen LogP contribution in [0.1, 0.15) is 49.1 Å². The Morgan fingerprint density at radius 1 is 1.15 bits per heavy atom. The van der Waals surface area contributed by atoms with Crippen LogP contribution < -0.4 is 21.6 Å². The molecule has 1 saturated carbocycles. The van der Waals surface area contributed by atoms with Crippen molar-refractivity contribution >= 4 is 11.6 Å². The number of aryl methyl sites for hydroxylation is 1. The van der Waals surface area contributed by atoms with Crippen LogP contribution in [0, 0.1) is 6.92 Å². The van der Waals surface area contributed by atoms with Gasteiger partial charge in [0.25, 0.3) is 5.95 Å². The van der Waals surface area contributed by atoms with E-state index in [-0.39, 0.29) is 6.10 Å². The summed E-state index contributed by atoms with van der Waals surface area (Å²) in [6.45, 7) is 2.79. The SMILES string of the molecule is Cc1nc(/C(N)=C(\CNc2nnn(Cc3ccccc3)n2)N(C)N)ccc1OC1CCCCC1. The summed E-state index contributed by atoms with van der Waals surface area (Å²) in [7, 11) is 1.73. The predicted octanol–water partition coefficient (Wildman–Crippen LogP) is 2.68. The number of rotatable bonds is 9. The maximum absolute atomic E-state index is 6.47. The van der Waals surface area contributed by atoms with Crippen molar-refractivity contribution in [2.45, 2.75) is 51.7 Å². The van der Waals surface area contributed by atoms with Crippen LogP contribution in [0.5, 0.6) is 5.75 Å². The molecule has 3 aromatic rings. The molecule has 2 heterocycles. The van der Waals surface area contributed by atoms with Crippen LogP contribution in [0.4, 0.5) is 5.95 Å². The molecule has 2 aromatic heterocycles. The highest BCUT2D eigenvalue weighted by Gasteiger charge is 2.18. The van der Waals surface area contributed by atoms with Gasteiger partial charge in [-0.25, -0.2) is 10.8 Å². The molecule has 5 N–H and O–H groups in total. The summed E-state index contributed by atoms with van der Waals surface area (Å²) >= 11 is 0. The molecule has 10 nitrogen and oxygen atoms in total. The summed E-state index contributed by atoms with van der Waals surface area (Å²) in [5.74, 6) is 7.28. The fourth-order valence-electron chi connectivity index (χ4n) is 4.03. The van der Waals surface area contributed by atoms with E-state index in [9.17, 15) is 0 Å². The monoisotopic (exact) mass is 463 g/mol. The first-order valence-corrected chi connectivity index (χ1v) is 11.7. The summed E-state index contributed by atoms with van der Waals surface area (Å²) < 4.78 is 6.19. The minimum absolute atomic E-state index is 0.269. The Kier molecular flexibility index (Phi) is 7.58. The smallest absolute Gasteiger partial charge is 0.263 e. The first-order chi connectivity index (χ1) is 16.5. The molecule has 0 atom stereocenters. The van der Waals surface area contributed by atoms with E-state index in [1.807, 2.05) is 49.4 Å². The molecule has 10 heteroatoms. The number of aromatic nitrogens is 5. The summed E-state index contributed by atoms with van der Waals surface area (Å²) in [5, 5.41) is 17.2. The van der Waals surface area contributed by atoms with Crippen LogP contribution in [0.2, 0.25) is 0 Å². The van der Waals surface area contributed by atoms with E-state index in [2.05, 4.69) is 25.7 Å². The molecule has 1 aromatic carbocycles. The molecule has 0 saturated heterocycles. The average molecular weight is 464 g/mol. The standard InChI is InChI=1S/C24H33N9O/c1-17-22(34-19-11-7-4-8-12-19)14-13-20(28-17)23(25)21(32(2)26)15-27-24-29-31-33(30-24)16-18-9-5-3-6-10-18/h3,5-6,9-10,13-14,19H,4,7-8,11-12,15-16,25-26H2,1-2H3,(H,27,30)/b23-21-. The van der Waals surface area contributed by atoms with Crippen molar-refractivity contribution < 1.29 is 4.74 Å². The van der Waals surface area contributed by atoms with Gasteiger partial charge in [0.15, 0.2) is 0 Å². The van der Waals surface area contributed by atoms with Crippen LogP contribution in [-0.4, -0.2) is 49.9 Å². The lowest BCUT2D eigenvalue weighted by Crippen LogP contribution is -2.32. The van der Waals surface area contributed by atoms with Gasteiger partial charge in [-0.15, -0.1) is 5.10 Å². The van der Waals surface area contributed by atoms with Crippen LogP contribution in [0.25, 0.3) is 5.70 Å². The second-order valence-corrected chi connectivity index (χ2v) is 8.61. The number of nitrogens with zero attached hydrogens (tertiary/aromatic N) is 6. The number of hydrogen-bond donors (Lipinski definition) is 3.